The van der Waals surface area contributed by atoms with E-state index in [2.05, 4.69) is 22.2 Å². The molecule has 3 aromatic heterocycles. The number of fused-ring (bicyclic) bond motifs is 2. The Kier molecular flexibility index (Phi) is 4.04. The van der Waals surface area contributed by atoms with Gasteiger partial charge >= 0.3 is 0 Å². The van der Waals surface area contributed by atoms with Gasteiger partial charge < -0.3 is 14.8 Å². The van der Waals surface area contributed by atoms with Gasteiger partial charge in [-0.05, 0) is 31.9 Å². The zero-order valence-corrected chi connectivity index (χ0v) is 16.4. The molecular weight excluding hydrogens is 396 g/mol. The quantitative estimate of drug-likeness (QED) is 0.689. The van der Waals surface area contributed by atoms with E-state index in [0.29, 0.717) is 12.3 Å². The highest BCUT2D eigenvalue weighted by atomic mass is 19.3. The van der Waals surface area contributed by atoms with E-state index in [4.69, 9.17) is 14.5 Å². The lowest BCUT2D eigenvalue weighted by Gasteiger charge is -2.41. The maximum Gasteiger partial charge on any atom is 0.280 e. The number of halogens is 2. The fraction of sp³-hybridized carbons (Fsp3) is 0.400. The number of pyridine rings is 1. The highest BCUT2D eigenvalue weighted by Crippen LogP contribution is 2.58. The van der Waals surface area contributed by atoms with Crippen molar-refractivity contribution in [1.82, 2.24) is 19.4 Å². The van der Waals surface area contributed by atoms with Gasteiger partial charge in [0.15, 0.2) is 5.82 Å². The molecule has 0 aromatic carbocycles. The van der Waals surface area contributed by atoms with Crippen LogP contribution in [0.25, 0.3) is 5.65 Å². The van der Waals surface area contributed by atoms with E-state index < -0.39 is 18.0 Å². The molecule has 1 N–H and O–H groups in total. The molecular formula is C20H19F2N5O3. The predicted molar refractivity (Wildman–Crippen MR) is 102 cm³/mol. The van der Waals surface area contributed by atoms with Gasteiger partial charge in [-0.2, -0.15) is 4.98 Å². The fourth-order valence-electron chi connectivity index (χ4n) is 4.45. The molecule has 3 fully saturated rings. The Morgan fingerprint density at radius 3 is 2.73 bits per heavy atom. The largest absolute Gasteiger partial charge is 0.478 e. The number of rotatable bonds is 5. The summed E-state index contributed by atoms with van der Waals surface area (Å²) in [5.74, 6) is -0.216. The van der Waals surface area contributed by atoms with Crippen LogP contribution in [-0.2, 0) is 10.2 Å². The average molecular weight is 415 g/mol. The second-order valence-electron chi connectivity index (χ2n) is 8.07. The molecule has 2 saturated heterocycles. The van der Waals surface area contributed by atoms with Crippen molar-refractivity contribution in [2.45, 2.75) is 37.2 Å². The number of nitrogens with zero attached hydrogens (tertiary/aromatic N) is 4. The van der Waals surface area contributed by atoms with Crippen molar-refractivity contribution in [3.05, 3.63) is 47.7 Å². The lowest BCUT2D eigenvalue weighted by atomic mass is 9.62. The number of ether oxygens (including phenoxy) is 2. The van der Waals surface area contributed by atoms with Gasteiger partial charge in [0.05, 0.1) is 31.2 Å². The van der Waals surface area contributed by atoms with E-state index in [1.54, 1.807) is 10.6 Å². The normalized spacial score (nSPS) is 24.8. The number of carbonyl (C=O) groups is 1. The highest BCUT2D eigenvalue weighted by Gasteiger charge is 2.61. The molecule has 2 bridgehead atoms. The number of anilines is 1. The molecule has 0 spiro atoms. The third-order valence-corrected chi connectivity index (χ3v) is 5.73. The molecule has 0 radical (unpaired) electrons. The number of hydrogen-bond donors (Lipinski definition) is 1. The smallest absolute Gasteiger partial charge is 0.280 e. The molecule has 0 unspecified atom stereocenters. The number of methoxy groups -OCH3 is 1. The summed E-state index contributed by atoms with van der Waals surface area (Å²) >= 11 is 0. The number of amides is 1. The summed E-state index contributed by atoms with van der Waals surface area (Å²) in [5, 5.41) is 2.58. The molecule has 0 atom stereocenters. The summed E-state index contributed by atoms with van der Waals surface area (Å²) in [4.78, 5) is 25.2. The van der Waals surface area contributed by atoms with Gasteiger partial charge in [0.1, 0.15) is 11.4 Å². The lowest BCUT2D eigenvalue weighted by molar-refractivity contribution is 0.0154. The molecule has 2 aliphatic heterocycles. The number of aromatic nitrogens is 4. The average Bonchev–Trinajstić information content (AvgIpc) is 3.38. The van der Waals surface area contributed by atoms with Crippen molar-refractivity contribution < 1.29 is 23.0 Å². The molecule has 6 rings (SSSR count). The van der Waals surface area contributed by atoms with Crippen LogP contribution in [0.3, 0.4) is 0 Å². The van der Waals surface area contributed by atoms with Crippen LogP contribution >= 0.6 is 0 Å². The van der Waals surface area contributed by atoms with E-state index in [-0.39, 0.29) is 28.4 Å². The van der Waals surface area contributed by atoms with Gasteiger partial charge in [-0.3, -0.25) is 9.20 Å². The summed E-state index contributed by atoms with van der Waals surface area (Å²) in [6.45, 7) is 2.72. The van der Waals surface area contributed by atoms with Crippen molar-refractivity contribution in [1.29, 1.82) is 0 Å². The maximum atomic E-state index is 12.9. The Labute approximate surface area is 170 Å². The van der Waals surface area contributed by atoms with Crippen LogP contribution in [0.1, 0.15) is 48.1 Å². The molecule has 5 heterocycles. The van der Waals surface area contributed by atoms with Crippen molar-refractivity contribution in [3.63, 3.8) is 0 Å². The molecule has 8 nitrogen and oxygen atoms in total. The minimum absolute atomic E-state index is 0.0724. The summed E-state index contributed by atoms with van der Waals surface area (Å²) < 4.78 is 38.7. The van der Waals surface area contributed by atoms with Crippen molar-refractivity contribution in [2.24, 2.45) is 0 Å². The lowest BCUT2D eigenvalue weighted by Crippen LogP contribution is -2.45. The van der Waals surface area contributed by atoms with Crippen LogP contribution in [0, 0.1) is 0 Å². The second-order valence-corrected chi connectivity index (χ2v) is 8.07. The van der Waals surface area contributed by atoms with Gasteiger partial charge in [0.2, 0.25) is 5.65 Å². The van der Waals surface area contributed by atoms with Crippen LogP contribution in [0.2, 0.25) is 0 Å². The molecule has 30 heavy (non-hydrogen) atoms. The first-order valence-corrected chi connectivity index (χ1v) is 9.46. The molecule has 156 valence electrons. The number of imidazole rings is 1. The van der Waals surface area contributed by atoms with Crippen LogP contribution < -0.4 is 10.1 Å². The maximum absolute atomic E-state index is 12.9. The number of nitrogens with one attached hydrogen (secondary N) is 1. The summed E-state index contributed by atoms with van der Waals surface area (Å²) in [6, 6.07) is 3.89. The monoisotopic (exact) mass is 415 g/mol. The van der Waals surface area contributed by atoms with Crippen molar-refractivity contribution in [2.75, 3.05) is 19.0 Å². The van der Waals surface area contributed by atoms with E-state index in [1.165, 1.54) is 25.3 Å². The minimum atomic E-state index is -2.76. The molecule has 1 saturated carbocycles. The van der Waals surface area contributed by atoms with Crippen LogP contribution in [0.4, 0.5) is 14.6 Å². The molecule has 1 amide bonds. The summed E-state index contributed by atoms with van der Waals surface area (Å²) in [6.07, 6.45) is 2.56. The summed E-state index contributed by atoms with van der Waals surface area (Å²) in [7, 11) is 1.47. The fourth-order valence-corrected chi connectivity index (χ4v) is 4.45. The molecule has 10 heteroatoms. The zero-order valence-electron chi connectivity index (χ0n) is 16.4. The molecule has 3 aliphatic rings. The van der Waals surface area contributed by atoms with Crippen molar-refractivity contribution >= 4 is 17.4 Å². The Morgan fingerprint density at radius 2 is 2.07 bits per heavy atom. The Hall–Kier alpha value is -3.14. The first-order valence-electron chi connectivity index (χ1n) is 9.46. The van der Waals surface area contributed by atoms with Gasteiger partial charge in [-0.25, -0.2) is 18.7 Å². The van der Waals surface area contributed by atoms with E-state index in [9.17, 15) is 13.6 Å². The van der Waals surface area contributed by atoms with Crippen LogP contribution in [0.5, 0.6) is 5.88 Å². The van der Waals surface area contributed by atoms with Gasteiger partial charge in [0, 0.05) is 11.6 Å². The number of carbonyl (C=O) groups excluding carboxylic acids is 1. The third kappa shape index (κ3) is 2.90. The SMILES string of the molecule is COc1nc(NC(=O)c2cccc(C(F)F)n2)cn2cc(C34COC(C)(C3)C4)nc12. The zero-order chi connectivity index (χ0) is 21.1. The second kappa shape index (κ2) is 6.43. The first kappa shape index (κ1) is 18.9. The Balaban J connectivity index is 1.45. The minimum Gasteiger partial charge on any atom is -0.478 e. The highest BCUT2D eigenvalue weighted by molar-refractivity contribution is 6.02. The first-order chi connectivity index (χ1) is 14.3. The predicted octanol–water partition coefficient (Wildman–Crippen LogP) is 3.14. The van der Waals surface area contributed by atoms with E-state index in [1.807, 2.05) is 6.20 Å². The molecule has 3 aromatic rings. The van der Waals surface area contributed by atoms with Crippen LogP contribution in [0.15, 0.2) is 30.6 Å². The van der Waals surface area contributed by atoms with E-state index >= 15 is 0 Å². The third-order valence-electron chi connectivity index (χ3n) is 5.73. The van der Waals surface area contributed by atoms with Crippen molar-refractivity contribution in [3.8, 4) is 5.88 Å². The Bertz CT molecular complexity index is 1160. The van der Waals surface area contributed by atoms with Gasteiger partial charge in [0.25, 0.3) is 18.2 Å². The molecule has 1 aliphatic carbocycles. The Morgan fingerprint density at radius 1 is 1.27 bits per heavy atom. The summed E-state index contributed by atoms with van der Waals surface area (Å²) in [5.41, 5.74) is 0.654. The standard InChI is InChI=1S/C20H19F2N5O3/c1-19-8-20(9-19,10-30-19)13-6-27-7-14(26-18(29-2)16(27)24-13)25-17(28)12-5-3-4-11(23-12)15(21)22/h3-7,15H,8-10H2,1-2H3,(H,25,28). The van der Waals surface area contributed by atoms with Gasteiger partial charge in [-0.15, -0.1) is 0 Å². The van der Waals surface area contributed by atoms with E-state index in [0.717, 1.165) is 18.5 Å². The number of hydrogen-bond acceptors (Lipinski definition) is 6. The number of alkyl halides is 2. The van der Waals surface area contributed by atoms with Crippen LogP contribution in [-0.4, -0.2) is 44.6 Å². The van der Waals surface area contributed by atoms with Gasteiger partial charge in [-0.1, -0.05) is 6.07 Å². The topological polar surface area (TPSA) is 90.6 Å².